The molecule has 330 valence electrons. The van der Waals surface area contributed by atoms with E-state index in [0.29, 0.717) is 37.8 Å². The first-order valence-electron chi connectivity index (χ1n) is 20.0. The second kappa shape index (κ2) is 30.6. The Morgan fingerprint density at radius 3 is 1.85 bits per heavy atom. The third kappa shape index (κ3) is 23.5. The Hall–Kier alpha value is -1.46. The molecule has 0 aromatic heterocycles. The summed E-state index contributed by atoms with van der Waals surface area (Å²) in [5, 5.41) is 30.2. The third-order valence-electron chi connectivity index (χ3n) is 10.0. The van der Waals surface area contributed by atoms with Gasteiger partial charge in [-0.3, -0.25) is 0 Å². The number of aliphatic hydroxyl groups excluding tert-OH is 3. The van der Waals surface area contributed by atoms with Crippen molar-refractivity contribution in [3.63, 3.8) is 0 Å². The molecule has 2 fully saturated rings. The lowest BCUT2D eigenvalue weighted by atomic mass is 9.79. The number of hydrogen-bond donors (Lipinski definition) is 3. The molecule has 2 saturated heterocycles. The molecule has 2 aliphatic heterocycles. The minimum Gasteiger partial charge on any atom is -0.393 e. The van der Waals surface area contributed by atoms with Crippen LogP contribution in [0.4, 0.5) is 0 Å². The maximum Gasteiger partial charge on any atom is 0.159 e. The van der Waals surface area contributed by atoms with Crippen LogP contribution in [0.5, 0.6) is 0 Å². The molecule has 0 aromatic rings. The summed E-state index contributed by atoms with van der Waals surface area (Å²) in [5.74, 6) is 0.270. The van der Waals surface area contributed by atoms with E-state index in [1.54, 1.807) is 41.9 Å². The normalized spacial score (nSPS) is 29.3. The van der Waals surface area contributed by atoms with Gasteiger partial charge in [-0.1, -0.05) is 53.6 Å². The standard InChI is InChI=1S/C22H41NO5.C8H16O4.C5H12O.C4H9NO2.C2H6/c1-15(13-24)9-17(3)21(22(5,26-8)12-16(2)14-25)28-20-11-19(23(6)7)10-18(4)27-20;1-5-7(10)8(2,11-3)4-6(9)12-5;1-4(2)5(3)6;1-4(5-6)3-7-2;1-2/h13-21H,9-12H2,1-8H3;5-7,9-10H,4H2,1-3H3;4-6H,1-3H3;4H,3H2,1-2H3;1-2H3/t15?,16-,17+,18?,19?,20?,21-,22-;;;4-;/m1..1./s1. The fraction of sp³-hybridized carbons (Fsp3) is 0.951. The second-order valence-corrected chi connectivity index (χ2v) is 16.0. The van der Waals surface area contributed by atoms with Gasteiger partial charge in [0.1, 0.15) is 24.7 Å². The number of ether oxygens (including phenoxy) is 6. The molecule has 0 aliphatic carbocycles. The zero-order valence-corrected chi connectivity index (χ0v) is 37.8. The van der Waals surface area contributed by atoms with E-state index in [1.165, 1.54) is 7.11 Å². The summed E-state index contributed by atoms with van der Waals surface area (Å²) < 4.78 is 33.3. The first kappa shape index (κ1) is 57.9. The highest BCUT2D eigenvalue weighted by atomic mass is 16.7. The molecule has 2 rings (SSSR count). The molecule has 0 radical (unpaired) electrons. The van der Waals surface area contributed by atoms with Gasteiger partial charge < -0.3 is 58.2 Å². The molecular weight excluding hydrogens is 712 g/mol. The first-order valence-corrected chi connectivity index (χ1v) is 20.0. The molecule has 0 amide bonds. The van der Waals surface area contributed by atoms with Crippen molar-refractivity contribution in [2.24, 2.45) is 28.8 Å². The van der Waals surface area contributed by atoms with E-state index in [4.69, 9.17) is 28.8 Å². The van der Waals surface area contributed by atoms with Crippen molar-refractivity contribution in [1.82, 2.24) is 4.90 Å². The van der Waals surface area contributed by atoms with E-state index in [9.17, 15) is 24.7 Å². The van der Waals surface area contributed by atoms with Crippen molar-refractivity contribution >= 4 is 12.6 Å². The van der Waals surface area contributed by atoms with Crippen LogP contribution in [0.25, 0.3) is 0 Å². The van der Waals surface area contributed by atoms with E-state index >= 15 is 0 Å². The van der Waals surface area contributed by atoms with Crippen molar-refractivity contribution < 1.29 is 53.3 Å². The average molecular weight is 797 g/mol. The number of methoxy groups -OCH3 is 3. The lowest BCUT2D eigenvalue weighted by molar-refractivity contribution is -0.264. The van der Waals surface area contributed by atoms with Gasteiger partial charge in [-0.25, -0.2) is 0 Å². The van der Waals surface area contributed by atoms with E-state index < -0.39 is 29.7 Å². The minimum absolute atomic E-state index is 0.0635. The van der Waals surface area contributed by atoms with E-state index in [0.717, 1.165) is 25.4 Å². The zero-order valence-electron chi connectivity index (χ0n) is 37.8. The number of hydrogen-bond acceptors (Lipinski definition) is 14. The van der Waals surface area contributed by atoms with Crippen LogP contribution >= 0.6 is 0 Å². The number of nitroso groups, excluding NO2 is 1. The summed E-state index contributed by atoms with van der Waals surface area (Å²) >= 11 is 0. The molecule has 3 N–H and O–H groups in total. The summed E-state index contributed by atoms with van der Waals surface area (Å²) in [6.45, 7) is 25.3. The van der Waals surface area contributed by atoms with Crippen LogP contribution in [0.15, 0.2) is 5.18 Å². The van der Waals surface area contributed by atoms with Crippen LogP contribution in [-0.2, 0) is 38.0 Å². The van der Waals surface area contributed by atoms with Gasteiger partial charge in [0.25, 0.3) is 0 Å². The molecule has 2 heterocycles. The van der Waals surface area contributed by atoms with Gasteiger partial charge in [-0.15, -0.1) is 0 Å². The maximum absolute atomic E-state index is 11.3. The topological polar surface area (TPSA) is 183 Å². The second-order valence-electron chi connectivity index (χ2n) is 16.0. The van der Waals surface area contributed by atoms with E-state index in [1.807, 2.05) is 48.5 Å². The Morgan fingerprint density at radius 2 is 1.47 bits per heavy atom. The molecule has 0 saturated carbocycles. The minimum atomic E-state index is -0.839. The quantitative estimate of drug-likeness (QED) is 0.115. The Kier molecular flexibility index (Phi) is 32.2. The van der Waals surface area contributed by atoms with Crippen molar-refractivity contribution in [3.05, 3.63) is 4.91 Å². The molecule has 0 bridgehead atoms. The van der Waals surface area contributed by atoms with Crippen molar-refractivity contribution in [1.29, 1.82) is 0 Å². The SMILES string of the molecule is CC.CC(C)C(C)O.COC1(C)CC(O)OC(C)C1O.COC[C@@H](C)N=O.CO[C@](C)(C[C@@H](C)C=O)[C@H](OC1CC(N(C)C)CC(C)O1)[C@@H](C)CC(C)C=O. The summed E-state index contributed by atoms with van der Waals surface area (Å²) in [6, 6.07) is 0.186. The van der Waals surface area contributed by atoms with Gasteiger partial charge in [-0.2, -0.15) is 4.91 Å². The van der Waals surface area contributed by atoms with E-state index in [2.05, 4.69) is 42.8 Å². The zero-order chi connectivity index (χ0) is 43.7. The summed E-state index contributed by atoms with van der Waals surface area (Å²) in [4.78, 5) is 34.3. The highest BCUT2D eigenvalue weighted by Crippen LogP contribution is 2.36. The molecule has 14 atom stereocenters. The Labute approximate surface area is 334 Å². The van der Waals surface area contributed by atoms with Crippen molar-refractivity contribution in [2.45, 2.75) is 188 Å². The summed E-state index contributed by atoms with van der Waals surface area (Å²) in [5.41, 5.74) is -1.35. The highest BCUT2D eigenvalue weighted by Gasteiger charge is 2.45. The van der Waals surface area contributed by atoms with Crippen LogP contribution in [0, 0.1) is 28.6 Å². The molecule has 2 aliphatic rings. The monoisotopic (exact) mass is 797 g/mol. The number of rotatable bonds is 17. The van der Waals surface area contributed by atoms with Crippen molar-refractivity contribution in [3.8, 4) is 0 Å². The maximum atomic E-state index is 11.3. The number of aliphatic hydroxyl groups is 3. The van der Waals surface area contributed by atoms with Crippen LogP contribution in [-0.4, -0.2) is 141 Å². The smallest absolute Gasteiger partial charge is 0.159 e. The molecular formula is C41H84N2O12. The van der Waals surface area contributed by atoms with Gasteiger partial charge in [-0.05, 0) is 86.7 Å². The Bertz CT molecular complexity index is 970. The van der Waals surface area contributed by atoms with Crippen LogP contribution < -0.4 is 0 Å². The van der Waals surface area contributed by atoms with Gasteiger partial charge in [0.2, 0.25) is 0 Å². The lowest BCUT2D eigenvalue weighted by Gasteiger charge is -2.45. The molecule has 55 heavy (non-hydrogen) atoms. The highest BCUT2D eigenvalue weighted by molar-refractivity contribution is 5.53. The predicted molar refractivity (Wildman–Crippen MR) is 218 cm³/mol. The number of aldehydes is 2. The molecule has 14 heteroatoms. The van der Waals surface area contributed by atoms with Crippen LogP contribution in [0.2, 0.25) is 0 Å². The fourth-order valence-electron chi connectivity index (χ4n) is 6.20. The summed E-state index contributed by atoms with van der Waals surface area (Å²) in [6.07, 6.45) is 2.65. The average Bonchev–Trinajstić information content (AvgIpc) is 3.13. The fourth-order valence-corrected chi connectivity index (χ4v) is 6.20. The van der Waals surface area contributed by atoms with Gasteiger partial charge >= 0.3 is 0 Å². The third-order valence-corrected chi connectivity index (χ3v) is 10.0. The molecule has 0 aromatic carbocycles. The predicted octanol–water partition coefficient (Wildman–Crippen LogP) is 6.03. The largest absolute Gasteiger partial charge is 0.393 e. The number of carbonyl (C=O) groups is 2. The first-order chi connectivity index (χ1) is 25.5. The van der Waals surface area contributed by atoms with E-state index in [-0.39, 0.29) is 48.4 Å². The van der Waals surface area contributed by atoms with Crippen molar-refractivity contribution in [2.75, 3.05) is 42.0 Å². The van der Waals surface area contributed by atoms with Gasteiger partial charge in [0.05, 0.1) is 42.2 Å². The molecule has 9 unspecified atom stereocenters. The van der Waals surface area contributed by atoms with Crippen LogP contribution in [0.1, 0.15) is 122 Å². The van der Waals surface area contributed by atoms with Gasteiger partial charge in [0.15, 0.2) is 12.6 Å². The molecule has 14 nitrogen and oxygen atoms in total. The Morgan fingerprint density at radius 1 is 0.945 bits per heavy atom. The lowest BCUT2D eigenvalue weighted by Crippen LogP contribution is -2.55. The van der Waals surface area contributed by atoms with Gasteiger partial charge in [0, 0.05) is 52.0 Å². The number of carbonyl (C=O) groups excluding carboxylic acids is 2. The van der Waals surface area contributed by atoms with Crippen LogP contribution in [0.3, 0.4) is 0 Å². The molecule has 0 spiro atoms. The number of nitrogens with zero attached hydrogens (tertiary/aromatic N) is 2. The summed E-state index contributed by atoms with van der Waals surface area (Å²) in [7, 11) is 8.89. The Balaban J connectivity index is -0.000000812.